The molecule has 0 unspecified atom stereocenters. The van der Waals surface area contributed by atoms with Crippen LogP contribution in [0.4, 0.5) is 10.1 Å². The van der Waals surface area contributed by atoms with Crippen molar-refractivity contribution in [2.24, 2.45) is 12.1 Å². The van der Waals surface area contributed by atoms with Crippen molar-refractivity contribution in [1.29, 1.82) is 0 Å². The molecule has 5 nitrogen and oxygen atoms in total. The van der Waals surface area contributed by atoms with Gasteiger partial charge in [0.1, 0.15) is 12.4 Å². The van der Waals surface area contributed by atoms with E-state index < -0.39 is 5.82 Å². The Morgan fingerprint density at radius 2 is 2.35 bits per heavy atom. The molecule has 0 saturated heterocycles. The highest BCUT2D eigenvalue weighted by Gasteiger charge is 2.12. The van der Waals surface area contributed by atoms with Gasteiger partial charge in [-0.05, 0) is 18.2 Å². The van der Waals surface area contributed by atoms with E-state index in [1.165, 1.54) is 6.07 Å². The first-order valence-electron chi connectivity index (χ1n) is 6.91. The van der Waals surface area contributed by atoms with Crippen LogP contribution in [0.15, 0.2) is 53.4 Å². The van der Waals surface area contributed by atoms with Crippen molar-refractivity contribution in [3.05, 3.63) is 64.7 Å². The Hall–Kier alpha value is -2.60. The van der Waals surface area contributed by atoms with Crippen LogP contribution < -0.4 is 5.43 Å². The zero-order chi connectivity index (χ0) is 16.2. The van der Waals surface area contributed by atoms with Crippen LogP contribution in [0.2, 0.25) is 5.02 Å². The topological polar surface area (TPSA) is 51.4 Å². The summed E-state index contributed by atoms with van der Waals surface area (Å²) >= 11 is 5.81. The van der Waals surface area contributed by atoms with Gasteiger partial charge in [-0.15, -0.1) is 5.10 Å². The number of hydrogen-bond acceptors (Lipinski definition) is 4. The summed E-state index contributed by atoms with van der Waals surface area (Å²) < 4.78 is 21.2. The predicted molar refractivity (Wildman–Crippen MR) is 88.7 cm³/mol. The highest BCUT2D eigenvalue weighted by Crippen LogP contribution is 2.22. The highest BCUT2D eigenvalue weighted by molar-refractivity contribution is 6.30. The molecule has 7 heteroatoms. The van der Waals surface area contributed by atoms with E-state index in [9.17, 15) is 4.39 Å². The minimum Gasteiger partial charge on any atom is -0.472 e. The maximum Gasteiger partial charge on any atom is 0.238 e. The molecular weight excluding hydrogens is 319 g/mol. The Morgan fingerprint density at radius 1 is 1.48 bits per heavy atom. The van der Waals surface area contributed by atoms with Gasteiger partial charge in [0.2, 0.25) is 5.90 Å². The smallest absolute Gasteiger partial charge is 0.238 e. The minimum absolute atomic E-state index is 0.0760. The van der Waals surface area contributed by atoms with E-state index >= 15 is 0 Å². The highest BCUT2D eigenvalue weighted by atomic mass is 35.5. The van der Waals surface area contributed by atoms with E-state index in [2.05, 4.69) is 15.6 Å². The van der Waals surface area contributed by atoms with E-state index in [4.69, 9.17) is 16.3 Å². The second-order valence-electron chi connectivity index (χ2n) is 4.89. The van der Waals surface area contributed by atoms with Gasteiger partial charge in [0.15, 0.2) is 0 Å². The fourth-order valence-corrected chi connectivity index (χ4v) is 2.24. The fourth-order valence-electron chi connectivity index (χ4n) is 2.06. The summed E-state index contributed by atoms with van der Waals surface area (Å²) in [6, 6.07) is 4.84. The lowest BCUT2D eigenvalue weighted by Gasteiger charge is -2.13. The zero-order valence-corrected chi connectivity index (χ0v) is 13.1. The molecule has 0 radical (unpaired) electrons. The second-order valence-corrected chi connectivity index (χ2v) is 5.29. The number of benzene rings is 1. The lowest BCUT2D eigenvalue weighted by molar-refractivity contribution is 0.346. The van der Waals surface area contributed by atoms with E-state index in [0.29, 0.717) is 23.6 Å². The third kappa shape index (κ3) is 3.60. The standard InChI is InChI=1S/C16H14ClFN4O/c1-22-10-13(9-19-22)20-21-16-12(5-3-7-23-16)8-11-4-2-6-14(17)15(11)18/h2-6,8-10,20H,7H2,1H3. The number of hydrogen-bond donors (Lipinski definition) is 1. The lowest BCUT2D eigenvalue weighted by Crippen LogP contribution is -2.13. The molecule has 3 rings (SSSR count). The fraction of sp³-hybridized carbons (Fsp3) is 0.125. The van der Waals surface area contributed by atoms with Crippen molar-refractivity contribution < 1.29 is 9.13 Å². The quantitative estimate of drug-likeness (QED) is 0.874. The number of aromatic nitrogens is 2. The molecule has 0 atom stereocenters. The molecule has 23 heavy (non-hydrogen) atoms. The summed E-state index contributed by atoms with van der Waals surface area (Å²) in [5.41, 5.74) is 4.61. The average Bonchev–Trinajstić information content (AvgIpc) is 2.96. The van der Waals surface area contributed by atoms with Crippen LogP contribution in [0.3, 0.4) is 0 Å². The summed E-state index contributed by atoms with van der Waals surface area (Å²) in [4.78, 5) is 0. The number of nitrogens with zero attached hydrogens (tertiary/aromatic N) is 3. The van der Waals surface area contributed by atoms with E-state index in [0.717, 1.165) is 5.69 Å². The van der Waals surface area contributed by atoms with Gasteiger partial charge in [-0.3, -0.25) is 10.1 Å². The van der Waals surface area contributed by atoms with Gasteiger partial charge in [0.05, 0.1) is 16.9 Å². The molecule has 1 aliphatic rings. The van der Waals surface area contributed by atoms with Crippen molar-refractivity contribution in [1.82, 2.24) is 9.78 Å². The predicted octanol–water partition coefficient (Wildman–Crippen LogP) is 3.61. The normalized spacial score (nSPS) is 17.5. The third-order valence-electron chi connectivity index (χ3n) is 3.14. The van der Waals surface area contributed by atoms with Gasteiger partial charge >= 0.3 is 0 Å². The summed E-state index contributed by atoms with van der Waals surface area (Å²) in [6.07, 6.45) is 8.72. The molecule has 2 aromatic rings. The first-order valence-corrected chi connectivity index (χ1v) is 7.29. The number of nitrogens with one attached hydrogen (secondary N) is 1. The number of anilines is 1. The Bertz CT molecular complexity index is 810. The van der Waals surface area contributed by atoms with Crippen LogP contribution in [-0.4, -0.2) is 22.3 Å². The lowest BCUT2D eigenvalue weighted by atomic mass is 10.1. The van der Waals surface area contributed by atoms with Crippen LogP contribution in [0, 0.1) is 5.82 Å². The van der Waals surface area contributed by atoms with Crippen LogP contribution in [0.1, 0.15) is 5.56 Å². The summed E-state index contributed by atoms with van der Waals surface area (Å²) in [6.45, 7) is 0.406. The average molecular weight is 333 g/mol. The van der Waals surface area contributed by atoms with Crippen LogP contribution in [0.25, 0.3) is 6.08 Å². The molecule has 0 spiro atoms. The molecule has 0 saturated carbocycles. The zero-order valence-electron chi connectivity index (χ0n) is 12.3. The number of rotatable bonds is 3. The van der Waals surface area contributed by atoms with Crippen LogP contribution in [-0.2, 0) is 11.8 Å². The summed E-state index contributed by atoms with van der Waals surface area (Å²) in [7, 11) is 1.81. The molecule has 1 aromatic carbocycles. The molecule has 118 valence electrons. The van der Waals surface area contributed by atoms with E-state index in [1.54, 1.807) is 35.3 Å². The molecule has 0 amide bonds. The van der Waals surface area contributed by atoms with Crippen molar-refractivity contribution in [2.45, 2.75) is 0 Å². The Labute approximate surface area is 137 Å². The number of ether oxygens (including phenoxy) is 1. The Morgan fingerprint density at radius 3 is 3.13 bits per heavy atom. The first-order chi connectivity index (χ1) is 11.1. The maximum atomic E-state index is 14.0. The molecule has 0 aliphatic carbocycles. The summed E-state index contributed by atoms with van der Waals surface area (Å²) in [5, 5.41) is 8.33. The largest absolute Gasteiger partial charge is 0.472 e. The number of hydrazone groups is 1. The SMILES string of the molecule is Cn1cc(NN=C2OCC=CC2=Cc2cccc(Cl)c2F)cn1. The van der Waals surface area contributed by atoms with Crippen molar-refractivity contribution in [2.75, 3.05) is 12.0 Å². The molecule has 0 fully saturated rings. The molecule has 1 aliphatic heterocycles. The Balaban J connectivity index is 1.89. The van der Waals surface area contributed by atoms with Gasteiger partial charge in [0.25, 0.3) is 0 Å². The van der Waals surface area contributed by atoms with Crippen molar-refractivity contribution >= 4 is 29.3 Å². The van der Waals surface area contributed by atoms with E-state index in [-0.39, 0.29) is 5.02 Å². The molecule has 1 aromatic heterocycles. The second kappa shape index (κ2) is 6.66. The van der Waals surface area contributed by atoms with Crippen molar-refractivity contribution in [3.8, 4) is 0 Å². The van der Waals surface area contributed by atoms with E-state index in [1.807, 2.05) is 19.2 Å². The van der Waals surface area contributed by atoms with Gasteiger partial charge < -0.3 is 4.74 Å². The monoisotopic (exact) mass is 332 g/mol. The molecule has 1 N–H and O–H groups in total. The van der Waals surface area contributed by atoms with Gasteiger partial charge in [0, 0.05) is 24.4 Å². The van der Waals surface area contributed by atoms with Crippen LogP contribution in [0.5, 0.6) is 0 Å². The minimum atomic E-state index is -0.472. The molecule has 0 bridgehead atoms. The van der Waals surface area contributed by atoms with Gasteiger partial charge in [-0.25, -0.2) is 4.39 Å². The third-order valence-corrected chi connectivity index (χ3v) is 3.44. The van der Waals surface area contributed by atoms with Crippen LogP contribution >= 0.6 is 11.6 Å². The summed E-state index contributed by atoms with van der Waals surface area (Å²) in [5.74, 6) is -0.101. The number of aryl methyl sites for hydroxylation is 1. The molecule has 2 heterocycles. The molecular formula is C16H14ClFN4O. The first kappa shape index (κ1) is 15.3. The maximum absolute atomic E-state index is 14.0. The van der Waals surface area contributed by atoms with Gasteiger partial charge in [-0.2, -0.15) is 5.10 Å². The number of halogens is 2. The van der Waals surface area contributed by atoms with Crippen molar-refractivity contribution in [3.63, 3.8) is 0 Å². The van der Waals surface area contributed by atoms with Gasteiger partial charge in [-0.1, -0.05) is 29.8 Å². The Kier molecular flexibility index (Phi) is 4.43.